The molecule has 1 saturated heterocycles. The van der Waals surface area contributed by atoms with E-state index in [2.05, 4.69) is 10.2 Å². The molecule has 0 saturated carbocycles. The Morgan fingerprint density at radius 3 is 2.42 bits per heavy atom. The van der Waals surface area contributed by atoms with Crippen LogP contribution in [0.15, 0.2) is 72.1 Å². The molecule has 31 heavy (non-hydrogen) atoms. The molecule has 4 rings (SSSR count). The predicted octanol–water partition coefficient (Wildman–Crippen LogP) is 5.02. The third-order valence-electron chi connectivity index (χ3n) is 5.10. The molecule has 0 aliphatic carbocycles. The van der Waals surface area contributed by atoms with Gasteiger partial charge in [-0.05, 0) is 41.3 Å². The summed E-state index contributed by atoms with van der Waals surface area (Å²) in [6.45, 7) is 2.66. The van der Waals surface area contributed by atoms with E-state index in [-0.39, 0.29) is 11.8 Å². The van der Waals surface area contributed by atoms with Crippen LogP contribution in [-0.4, -0.2) is 42.9 Å². The normalized spacial score (nSPS) is 14.1. The zero-order valence-electron chi connectivity index (χ0n) is 16.8. The van der Waals surface area contributed by atoms with Crippen LogP contribution in [0.4, 0.5) is 11.4 Å². The summed E-state index contributed by atoms with van der Waals surface area (Å²) in [4.78, 5) is 29.4. The standard InChI is InChI=1S/C24H22ClN3O2S/c25-20-17-19(26-24(30)22-7-4-16-31-22)9-10-21(20)27-12-14-28(15-13-27)23(29)11-8-18-5-2-1-3-6-18/h1-11,16-17H,12-15H2,(H,26,30)/b11-8+. The first-order chi connectivity index (χ1) is 15.1. The number of carbonyl (C=O) groups excluding carboxylic acids is 2. The summed E-state index contributed by atoms with van der Waals surface area (Å²) in [5.41, 5.74) is 2.57. The Morgan fingerprint density at radius 1 is 0.968 bits per heavy atom. The number of thiophene rings is 1. The molecule has 2 heterocycles. The lowest BCUT2D eigenvalue weighted by Crippen LogP contribution is -2.48. The summed E-state index contributed by atoms with van der Waals surface area (Å²) in [5, 5.41) is 5.32. The van der Waals surface area contributed by atoms with E-state index in [4.69, 9.17) is 11.6 Å². The summed E-state index contributed by atoms with van der Waals surface area (Å²) in [5.74, 6) is -0.129. The van der Waals surface area contributed by atoms with E-state index >= 15 is 0 Å². The van der Waals surface area contributed by atoms with Crippen LogP contribution in [-0.2, 0) is 4.79 Å². The molecule has 0 unspecified atom stereocenters. The molecule has 1 aliphatic heterocycles. The molecule has 7 heteroatoms. The fourth-order valence-electron chi connectivity index (χ4n) is 3.45. The summed E-state index contributed by atoms with van der Waals surface area (Å²) < 4.78 is 0. The van der Waals surface area contributed by atoms with Crippen LogP contribution in [0.25, 0.3) is 6.08 Å². The fourth-order valence-corrected chi connectivity index (χ4v) is 4.37. The van der Waals surface area contributed by atoms with E-state index in [1.54, 1.807) is 18.2 Å². The van der Waals surface area contributed by atoms with Gasteiger partial charge >= 0.3 is 0 Å². The van der Waals surface area contributed by atoms with E-state index in [9.17, 15) is 9.59 Å². The second-order valence-electron chi connectivity index (χ2n) is 7.15. The molecule has 5 nitrogen and oxygen atoms in total. The first-order valence-corrected chi connectivity index (χ1v) is 11.3. The van der Waals surface area contributed by atoms with Crippen LogP contribution in [0.1, 0.15) is 15.2 Å². The number of rotatable bonds is 5. The molecule has 0 atom stereocenters. The third-order valence-corrected chi connectivity index (χ3v) is 6.27. The zero-order chi connectivity index (χ0) is 21.6. The van der Waals surface area contributed by atoms with E-state index in [1.165, 1.54) is 11.3 Å². The summed E-state index contributed by atoms with van der Waals surface area (Å²) >= 11 is 7.90. The quantitative estimate of drug-likeness (QED) is 0.554. The van der Waals surface area contributed by atoms with Crippen LogP contribution in [0.3, 0.4) is 0 Å². The van der Waals surface area contributed by atoms with Crippen LogP contribution in [0.2, 0.25) is 5.02 Å². The van der Waals surface area contributed by atoms with Gasteiger partial charge in [0.05, 0.1) is 15.6 Å². The molecule has 2 aromatic carbocycles. The molecular weight excluding hydrogens is 430 g/mol. The van der Waals surface area contributed by atoms with Crippen molar-refractivity contribution in [2.75, 3.05) is 36.4 Å². The largest absolute Gasteiger partial charge is 0.367 e. The highest BCUT2D eigenvalue weighted by molar-refractivity contribution is 7.12. The van der Waals surface area contributed by atoms with Crippen molar-refractivity contribution in [2.45, 2.75) is 0 Å². The molecule has 0 radical (unpaired) electrons. The fraction of sp³-hybridized carbons (Fsp3) is 0.167. The number of benzene rings is 2. The zero-order valence-corrected chi connectivity index (χ0v) is 18.4. The van der Waals surface area contributed by atoms with Crippen LogP contribution < -0.4 is 10.2 Å². The Labute approximate surface area is 190 Å². The summed E-state index contributed by atoms with van der Waals surface area (Å²) in [7, 11) is 0. The number of halogens is 1. The van der Waals surface area contributed by atoms with Crippen LogP contribution in [0, 0.1) is 0 Å². The van der Waals surface area contributed by atoms with Crippen molar-refractivity contribution < 1.29 is 9.59 Å². The number of carbonyl (C=O) groups is 2. The Kier molecular flexibility index (Phi) is 6.70. The van der Waals surface area contributed by atoms with E-state index in [1.807, 2.05) is 64.9 Å². The van der Waals surface area contributed by atoms with E-state index < -0.39 is 0 Å². The van der Waals surface area contributed by atoms with E-state index in [0.29, 0.717) is 41.8 Å². The maximum absolute atomic E-state index is 12.5. The number of hydrogen-bond donors (Lipinski definition) is 1. The highest BCUT2D eigenvalue weighted by Crippen LogP contribution is 2.30. The summed E-state index contributed by atoms with van der Waals surface area (Å²) in [6, 6.07) is 19.0. The van der Waals surface area contributed by atoms with Gasteiger partial charge in [-0.1, -0.05) is 48.0 Å². The Hall–Kier alpha value is -3.09. The lowest BCUT2D eigenvalue weighted by molar-refractivity contribution is -0.126. The van der Waals surface area contributed by atoms with Gasteiger partial charge in [0.1, 0.15) is 0 Å². The smallest absolute Gasteiger partial charge is 0.265 e. The number of nitrogens with zero attached hydrogens (tertiary/aromatic N) is 2. The molecule has 158 valence electrons. The van der Waals surface area contributed by atoms with Gasteiger partial charge in [-0.3, -0.25) is 9.59 Å². The average molecular weight is 452 g/mol. The number of anilines is 2. The molecule has 3 aromatic rings. The number of amides is 2. The first kappa shape index (κ1) is 21.2. The maximum atomic E-state index is 12.5. The van der Waals surface area contributed by atoms with Gasteiger partial charge in [0.25, 0.3) is 5.91 Å². The minimum absolute atomic E-state index is 0.0150. The SMILES string of the molecule is O=C(Nc1ccc(N2CCN(C(=O)/C=C/c3ccccc3)CC2)c(Cl)c1)c1cccs1. The second kappa shape index (κ2) is 9.81. The van der Waals surface area contributed by atoms with Gasteiger partial charge in [-0.2, -0.15) is 0 Å². The average Bonchev–Trinajstić information content (AvgIpc) is 3.34. The lowest BCUT2D eigenvalue weighted by atomic mass is 10.2. The molecule has 1 aromatic heterocycles. The number of hydrogen-bond acceptors (Lipinski definition) is 4. The van der Waals surface area contributed by atoms with Crippen molar-refractivity contribution in [3.05, 3.63) is 87.6 Å². The molecule has 1 N–H and O–H groups in total. The van der Waals surface area contributed by atoms with Gasteiger partial charge in [0.15, 0.2) is 0 Å². The van der Waals surface area contributed by atoms with Gasteiger partial charge in [0.2, 0.25) is 5.91 Å². The minimum atomic E-state index is -0.144. The first-order valence-electron chi connectivity index (χ1n) is 10.0. The molecule has 0 spiro atoms. The Morgan fingerprint density at radius 2 is 1.74 bits per heavy atom. The van der Waals surface area contributed by atoms with E-state index in [0.717, 1.165) is 11.3 Å². The van der Waals surface area contributed by atoms with Gasteiger partial charge in [0, 0.05) is 37.9 Å². The van der Waals surface area contributed by atoms with Crippen molar-refractivity contribution in [1.82, 2.24) is 4.90 Å². The second-order valence-corrected chi connectivity index (χ2v) is 8.51. The highest BCUT2D eigenvalue weighted by Gasteiger charge is 2.21. The van der Waals surface area contributed by atoms with Gasteiger partial charge in [-0.15, -0.1) is 11.3 Å². The summed E-state index contributed by atoms with van der Waals surface area (Å²) in [6.07, 6.45) is 3.47. The van der Waals surface area contributed by atoms with Crippen LogP contribution >= 0.6 is 22.9 Å². The predicted molar refractivity (Wildman–Crippen MR) is 128 cm³/mol. The molecule has 2 amide bonds. The number of nitrogens with one attached hydrogen (secondary N) is 1. The highest BCUT2D eigenvalue weighted by atomic mass is 35.5. The maximum Gasteiger partial charge on any atom is 0.265 e. The van der Waals surface area contributed by atoms with Crippen molar-refractivity contribution in [2.24, 2.45) is 0 Å². The third kappa shape index (κ3) is 5.34. The molecular formula is C24H22ClN3O2S. The van der Waals surface area contributed by atoms with Crippen molar-refractivity contribution in [3.8, 4) is 0 Å². The molecule has 0 bridgehead atoms. The Balaban J connectivity index is 1.33. The monoisotopic (exact) mass is 451 g/mol. The van der Waals surface area contributed by atoms with Crippen molar-refractivity contribution in [3.63, 3.8) is 0 Å². The van der Waals surface area contributed by atoms with Gasteiger partial charge in [-0.25, -0.2) is 0 Å². The Bertz CT molecular complexity index is 1080. The lowest BCUT2D eigenvalue weighted by Gasteiger charge is -2.36. The minimum Gasteiger partial charge on any atom is -0.367 e. The van der Waals surface area contributed by atoms with Crippen molar-refractivity contribution in [1.29, 1.82) is 0 Å². The molecule has 1 aliphatic rings. The van der Waals surface area contributed by atoms with Gasteiger partial charge < -0.3 is 15.1 Å². The van der Waals surface area contributed by atoms with Crippen molar-refractivity contribution >= 4 is 52.2 Å². The topological polar surface area (TPSA) is 52.7 Å². The number of piperazine rings is 1. The molecule has 1 fully saturated rings. The van der Waals surface area contributed by atoms with Crippen LogP contribution in [0.5, 0.6) is 0 Å².